The van der Waals surface area contributed by atoms with E-state index in [1.54, 1.807) is 6.20 Å². The molecule has 0 saturated carbocycles. The minimum Gasteiger partial charge on any atom is -0.353 e. The second kappa shape index (κ2) is 6.65. The Morgan fingerprint density at radius 3 is 2.68 bits per heavy atom. The van der Waals surface area contributed by atoms with Crippen LogP contribution in [0.15, 0.2) is 6.20 Å². The Labute approximate surface area is 115 Å². The highest BCUT2D eigenvalue weighted by Crippen LogP contribution is 2.14. The fourth-order valence-electron chi connectivity index (χ4n) is 2.13. The minimum absolute atomic E-state index is 0.727. The van der Waals surface area contributed by atoms with E-state index in [4.69, 9.17) is 0 Å². The number of hydrogen-bond acceptors (Lipinski definition) is 6. The lowest BCUT2D eigenvalue weighted by molar-refractivity contribution is 0.312. The van der Waals surface area contributed by atoms with Crippen LogP contribution in [0.4, 0.5) is 11.8 Å². The maximum atomic E-state index is 4.63. The van der Waals surface area contributed by atoms with Crippen molar-refractivity contribution in [1.29, 1.82) is 0 Å². The molecule has 0 aromatic carbocycles. The first kappa shape index (κ1) is 14.0. The molecule has 6 nitrogen and oxygen atoms in total. The minimum atomic E-state index is 0.727. The zero-order valence-electron chi connectivity index (χ0n) is 12.2. The van der Waals surface area contributed by atoms with E-state index in [0.29, 0.717) is 0 Å². The van der Waals surface area contributed by atoms with Crippen LogP contribution in [0.5, 0.6) is 0 Å². The summed E-state index contributed by atoms with van der Waals surface area (Å²) in [6, 6.07) is 0. The van der Waals surface area contributed by atoms with Gasteiger partial charge in [-0.05, 0) is 13.5 Å². The zero-order valence-corrected chi connectivity index (χ0v) is 12.2. The molecule has 6 heteroatoms. The van der Waals surface area contributed by atoms with Crippen molar-refractivity contribution in [3.05, 3.63) is 6.20 Å². The average molecular weight is 264 g/mol. The van der Waals surface area contributed by atoms with E-state index in [2.05, 4.69) is 43.9 Å². The molecule has 1 aliphatic rings. The summed E-state index contributed by atoms with van der Waals surface area (Å²) in [6.07, 6.45) is 4.09. The molecule has 0 spiro atoms. The first-order chi connectivity index (χ1) is 9.20. The highest BCUT2D eigenvalue weighted by molar-refractivity contribution is 5.41. The van der Waals surface area contributed by atoms with Crippen molar-refractivity contribution >= 4 is 11.8 Å². The van der Waals surface area contributed by atoms with Gasteiger partial charge >= 0.3 is 0 Å². The third-order valence-corrected chi connectivity index (χ3v) is 3.55. The normalized spacial score (nSPS) is 16.7. The number of nitrogens with zero attached hydrogens (tertiary/aromatic N) is 6. The van der Waals surface area contributed by atoms with E-state index in [-0.39, 0.29) is 0 Å². The van der Waals surface area contributed by atoms with E-state index in [9.17, 15) is 0 Å². The van der Waals surface area contributed by atoms with Gasteiger partial charge in [0.25, 0.3) is 0 Å². The van der Waals surface area contributed by atoms with Gasteiger partial charge < -0.3 is 14.7 Å². The first-order valence-electron chi connectivity index (χ1n) is 7.05. The number of anilines is 2. The van der Waals surface area contributed by atoms with Crippen LogP contribution in [-0.2, 0) is 0 Å². The summed E-state index contributed by atoms with van der Waals surface area (Å²) in [4.78, 5) is 11.3. The number of piperazine rings is 1. The molecule has 19 heavy (non-hydrogen) atoms. The monoisotopic (exact) mass is 264 g/mol. The molecule has 0 unspecified atom stereocenters. The number of rotatable bonds is 5. The lowest BCUT2D eigenvalue weighted by atomic mass is 10.3. The Morgan fingerprint density at radius 2 is 2.00 bits per heavy atom. The number of aromatic nitrogens is 3. The Bertz CT molecular complexity index is 388. The van der Waals surface area contributed by atoms with Crippen LogP contribution >= 0.6 is 0 Å². The first-order valence-corrected chi connectivity index (χ1v) is 7.05. The Balaban J connectivity index is 2.02. The van der Waals surface area contributed by atoms with Crippen molar-refractivity contribution in [2.75, 3.05) is 56.6 Å². The second-order valence-corrected chi connectivity index (χ2v) is 5.18. The topological polar surface area (TPSA) is 48.4 Å². The van der Waals surface area contributed by atoms with Gasteiger partial charge in [-0.3, -0.25) is 0 Å². The molecule has 0 radical (unpaired) electrons. The van der Waals surface area contributed by atoms with Crippen molar-refractivity contribution in [3.63, 3.8) is 0 Å². The van der Waals surface area contributed by atoms with Gasteiger partial charge in [-0.25, -0.2) is 0 Å². The molecule has 0 amide bonds. The van der Waals surface area contributed by atoms with E-state index < -0.39 is 0 Å². The van der Waals surface area contributed by atoms with Crippen LogP contribution in [0.3, 0.4) is 0 Å². The molecule has 0 bridgehead atoms. The van der Waals surface area contributed by atoms with Crippen LogP contribution in [0, 0.1) is 0 Å². The molecule has 1 aromatic rings. The van der Waals surface area contributed by atoms with Gasteiger partial charge in [0.2, 0.25) is 5.95 Å². The highest BCUT2D eigenvalue weighted by atomic mass is 15.4. The Kier molecular flexibility index (Phi) is 4.90. The molecular weight excluding hydrogens is 240 g/mol. The molecule has 0 atom stereocenters. The quantitative estimate of drug-likeness (QED) is 0.786. The fraction of sp³-hybridized carbons (Fsp3) is 0.769. The highest BCUT2D eigenvalue weighted by Gasteiger charge is 2.16. The molecule has 2 heterocycles. The lowest BCUT2D eigenvalue weighted by Crippen LogP contribution is -2.45. The van der Waals surface area contributed by atoms with Crippen LogP contribution < -0.4 is 9.80 Å². The SMILES string of the molecule is CCCCN(C)c1nncc(N2CCN(C)CC2)n1. The smallest absolute Gasteiger partial charge is 0.247 e. The Hall–Kier alpha value is -1.43. The molecular formula is C13H24N6. The molecule has 2 rings (SSSR count). The van der Waals surface area contributed by atoms with Gasteiger partial charge in [0, 0.05) is 39.8 Å². The second-order valence-electron chi connectivity index (χ2n) is 5.18. The van der Waals surface area contributed by atoms with Gasteiger partial charge in [-0.15, -0.1) is 5.10 Å². The van der Waals surface area contributed by atoms with Gasteiger partial charge in [0.05, 0.1) is 6.20 Å². The summed E-state index contributed by atoms with van der Waals surface area (Å²) in [5.74, 6) is 1.67. The maximum Gasteiger partial charge on any atom is 0.247 e. The summed E-state index contributed by atoms with van der Waals surface area (Å²) >= 11 is 0. The fourth-order valence-corrected chi connectivity index (χ4v) is 2.13. The van der Waals surface area contributed by atoms with Crippen molar-refractivity contribution < 1.29 is 0 Å². The van der Waals surface area contributed by atoms with Crippen LogP contribution in [0.25, 0.3) is 0 Å². The molecule has 1 fully saturated rings. The largest absolute Gasteiger partial charge is 0.353 e. The van der Waals surface area contributed by atoms with Crippen molar-refractivity contribution in [2.24, 2.45) is 0 Å². The van der Waals surface area contributed by atoms with Gasteiger partial charge in [0.15, 0.2) is 5.82 Å². The van der Waals surface area contributed by atoms with E-state index in [1.165, 1.54) is 6.42 Å². The molecule has 0 aliphatic carbocycles. The van der Waals surface area contributed by atoms with Crippen molar-refractivity contribution in [3.8, 4) is 0 Å². The lowest BCUT2D eigenvalue weighted by Gasteiger charge is -2.33. The zero-order chi connectivity index (χ0) is 13.7. The van der Waals surface area contributed by atoms with E-state index in [1.807, 2.05) is 7.05 Å². The van der Waals surface area contributed by atoms with E-state index in [0.717, 1.165) is 50.9 Å². The van der Waals surface area contributed by atoms with Crippen LogP contribution in [0.2, 0.25) is 0 Å². The van der Waals surface area contributed by atoms with Gasteiger partial charge in [-0.2, -0.15) is 10.1 Å². The summed E-state index contributed by atoms with van der Waals surface area (Å²) in [5.41, 5.74) is 0. The van der Waals surface area contributed by atoms with Gasteiger partial charge in [-0.1, -0.05) is 13.3 Å². The van der Waals surface area contributed by atoms with E-state index >= 15 is 0 Å². The molecule has 0 N–H and O–H groups in total. The van der Waals surface area contributed by atoms with Crippen LogP contribution in [-0.4, -0.2) is 66.9 Å². The molecule has 1 aliphatic heterocycles. The molecule has 106 valence electrons. The average Bonchev–Trinajstić information content (AvgIpc) is 2.45. The third-order valence-electron chi connectivity index (χ3n) is 3.55. The van der Waals surface area contributed by atoms with Crippen molar-refractivity contribution in [1.82, 2.24) is 20.1 Å². The summed E-state index contributed by atoms with van der Waals surface area (Å²) in [6.45, 7) is 7.33. The molecule has 1 saturated heterocycles. The molecule has 1 aromatic heterocycles. The predicted molar refractivity (Wildman–Crippen MR) is 77.7 cm³/mol. The summed E-state index contributed by atoms with van der Waals surface area (Å²) in [5, 5.41) is 8.23. The number of likely N-dealkylation sites (N-methyl/N-ethyl adjacent to an activating group) is 1. The Morgan fingerprint density at radius 1 is 1.26 bits per heavy atom. The number of unbranched alkanes of at least 4 members (excludes halogenated alkanes) is 1. The van der Waals surface area contributed by atoms with Crippen molar-refractivity contribution in [2.45, 2.75) is 19.8 Å². The van der Waals surface area contributed by atoms with Gasteiger partial charge in [0.1, 0.15) is 0 Å². The summed E-state index contributed by atoms with van der Waals surface area (Å²) in [7, 11) is 4.18. The number of hydrogen-bond donors (Lipinski definition) is 0. The maximum absolute atomic E-state index is 4.63. The third kappa shape index (κ3) is 3.76. The summed E-state index contributed by atoms with van der Waals surface area (Å²) < 4.78 is 0. The standard InChI is InChI=1S/C13H24N6/c1-4-5-6-18(3)13-15-12(11-14-16-13)19-9-7-17(2)8-10-19/h11H,4-10H2,1-3H3. The predicted octanol–water partition coefficient (Wildman–Crippen LogP) is 0.860. The van der Waals surface area contributed by atoms with Crippen LogP contribution in [0.1, 0.15) is 19.8 Å².